The van der Waals surface area contributed by atoms with Crippen LogP contribution in [-0.4, -0.2) is 22.8 Å². The molecule has 2 heterocycles. The molecule has 4 aromatic rings. The lowest BCUT2D eigenvalue weighted by atomic mass is 9.94. The number of fused-ring (bicyclic) bond motifs is 1. The van der Waals surface area contributed by atoms with Gasteiger partial charge in [-0.15, -0.1) is 0 Å². The second-order valence-corrected chi connectivity index (χ2v) is 7.97. The first-order valence-corrected chi connectivity index (χ1v) is 10.5. The Kier molecular flexibility index (Phi) is 5.75. The van der Waals surface area contributed by atoms with Crippen LogP contribution in [0.4, 0.5) is 0 Å². The standard InChI is InChI=1S/C24H17BrClNO3/c1-2-30-24(29)23(28)22-21(16-6-10-17(25)11-7-16)20(15-8-12-18(26)13-9-15)19-5-3-4-14-27(19)22/h3-14H,2H2,1H3. The number of hydrogen-bond acceptors (Lipinski definition) is 3. The van der Waals surface area contributed by atoms with Gasteiger partial charge in [-0.3, -0.25) is 4.79 Å². The van der Waals surface area contributed by atoms with E-state index in [-0.39, 0.29) is 12.3 Å². The number of carbonyl (C=O) groups is 2. The van der Waals surface area contributed by atoms with Gasteiger partial charge in [-0.2, -0.15) is 0 Å². The fourth-order valence-corrected chi connectivity index (χ4v) is 3.92. The Bertz CT molecular complexity index is 1240. The number of hydrogen-bond donors (Lipinski definition) is 0. The molecule has 30 heavy (non-hydrogen) atoms. The van der Waals surface area contributed by atoms with E-state index in [0.717, 1.165) is 26.7 Å². The van der Waals surface area contributed by atoms with Crippen molar-refractivity contribution in [3.8, 4) is 22.3 Å². The molecule has 0 fully saturated rings. The van der Waals surface area contributed by atoms with Crippen LogP contribution in [0.1, 0.15) is 17.4 Å². The van der Waals surface area contributed by atoms with E-state index in [2.05, 4.69) is 15.9 Å². The molecule has 0 N–H and O–H groups in total. The second-order valence-electron chi connectivity index (χ2n) is 6.62. The molecule has 0 aliphatic heterocycles. The van der Waals surface area contributed by atoms with Gasteiger partial charge in [0, 0.05) is 26.8 Å². The molecule has 2 aromatic carbocycles. The number of benzene rings is 2. The highest BCUT2D eigenvalue weighted by atomic mass is 79.9. The summed E-state index contributed by atoms with van der Waals surface area (Å²) in [7, 11) is 0. The Labute approximate surface area is 187 Å². The molecule has 0 aliphatic carbocycles. The summed E-state index contributed by atoms with van der Waals surface area (Å²) >= 11 is 9.55. The summed E-state index contributed by atoms with van der Waals surface area (Å²) in [5, 5.41) is 0.621. The lowest BCUT2D eigenvalue weighted by molar-refractivity contribution is -0.137. The van der Waals surface area contributed by atoms with Gasteiger partial charge in [0.25, 0.3) is 5.78 Å². The highest BCUT2D eigenvalue weighted by molar-refractivity contribution is 9.10. The minimum absolute atomic E-state index is 0.130. The van der Waals surface area contributed by atoms with Gasteiger partial charge in [0.15, 0.2) is 0 Å². The molecule has 0 saturated heterocycles. The van der Waals surface area contributed by atoms with Crippen LogP contribution in [0.5, 0.6) is 0 Å². The second kappa shape index (κ2) is 8.46. The number of ketones is 1. The predicted molar refractivity (Wildman–Crippen MR) is 122 cm³/mol. The maximum absolute atomic E-state index is 13.2. The Hall–Kier alpha value is -2.89. The number of ether oxygens (including phenoxy) is 1. The Morgan fingerprint density at radius 3 is 2.23 bits per heavy atom. The zero-order valence-electron chi connectivity index (χ0n) is 16.1. The van der Waals surface area contributed by atoms with E-state index in [9.17, 15) is 9.59 Å². The monoisotopic (exact) mass is 481 g/mol. The SMILES string of the molecule is CCOC(=O)C(=O)c1c(-c2ccc(Br)cc2)c(-c2ccc(Cl)cc2)c2ccccn12. The number of esters is 1. The van der Waals surface area contributed by atoms with Crippen LogP contribution in [0.15, 0.2) is 77.4 Å². The molecular formula is C24H17BrClNO3. The van der Waals surface area contributed by atoms with Crippen molar-refractivity contribution in [2.75, 3.05) is 6.61 Å². The minimum atomic E-state index is -0.873. The number of rotatable bonds is 5. The van der Waals surface area contributed by atoms with Gasteiger partial charge in [0.2, 0.25) is 0 Å². The van der Waals surface area contributed by atoms with Crippen LogP contribution in [-0.2, 0) is 9.53 Å². The molecule has 0 amide bonds. The van der Waals surface area contributed by atoms with E-state index >= 15 is 0 Å². The number of nitrogens with zero attached hydrogens (tertiary/aromatic N) is 1. The average molecular weight is 483 g/mol. The molecule has 6 heteroatoms. The quantitative estimate of drug-likeness (QED) is 0.187. The van der Waals surface area contributed by atoms with Crippen molar-refractivity contribution in [3.05, 3.63) is 88.1 Å². The van der Waals surface area contributed by atoms with Crippen LogP contribution in [0.3, 0.4) is 0 Å². The van der Waals surface area contributed by atoms with Gasteiger partial charge in [0.1, 0.15) is 5.69 Å². The van der Waals surface area contributed by atoms with E-state index < -0.39 is 11.8 Å². The molecule has 4 nitrogen and oxygen atoms in total. The summed E-state index contributed by atoms with van der Waals surface area (Å²) in [6, 6.07) is 20.7. The first-order chi connectivity index (χ1) is 14.5. The number of carbonyl (C=O) groups excluding carboxylic acids is 2. The summed E-state index contributed by atoms with van der Waals surface area (Å²) < 4.78 is 7.69. The van der Waals surface area contributed by atoms with Gasteiger partial charge < -0.3 is 9.14 Å². The first kappa shape index (κ1) is 20.4. The molecule has 0 spiro atoms. The highest BCUT2D eigenvalue weighted by Crippen LogP contribution is 2.41. The van der Waals surface area contributed by atoms with Crippen LogP contribution >= 0.6 is 27.5 Å². The van der Waals surface area contributed by atoms with Crippen molar-refractivity contribution in [2.45, 2.75) is 6.92 Å². The third-order valence-corrected chi connectivity index (χ3v) is 5.57. The van der Waals surface area contributed by atoms with Crippen molar-refractivity contribution in [3.63, 3.8) is 0 Å². The Balaban J connectivity index is 2.10. The lowest BCUT2D eigenvalue weighted by Crippen LogP contribution is -2.20. The highest BCUT2D eigenvalue weighted by Gasteiger charge is 2.29. The van der Waals surface area contributed by atoms with E-state index in [0.29, 0.717) is 10.6 Å². The summed E-state index contributed by atoms with van der Waals surface area (Å²) in [4.78, 5) is 25.6. The van der Waals surface area contributed by atoms with Crippen LogP contribution in [0.2, 0.25) is 5.02 Å². The normalized spacial score (nSPS) is 10.9. The van der Waals surface area contributed by atoms with Gasteiger partial charge in [0.05, 0.1) is 12.1 Å². The molecule has 0 radical (unpaired) electrons. The lowest BCUT2D eigenvalue weighted by Gasteiger charge is -2.09. The third-order valence-electron chi connectivity index (χ3n) is 4.79. The third kappa shape index (κ3) is 3.66. The van der Waals surface area contributed by atoms with Crippen LogP contribution in [0.25, 0.3) is 27.8 Å². The minimum Gasteiger partial charge on any atom is -0.460 e. The number of pyridine rings is 1. The van der Waals surface area contributed by atoms with Gasteiger partial charge in [-0.05, 0) is 54.4 Å². The zero-order valence-corrected chi connectivity index (χ0v) is 18.4. The van der Waals surface area contributed by atoms with Crippen molar-refractivity contribution in [1.82, 2.24) is 4.40 Å². The Morgan fingerprint density at radius 1 is 0.933 bits per heavy atom. The summed E-state index contributed by atoms with van der Waals surface area (Å²) in [5.74, 6) is -1.56. The summed E-state index contributed by atoms with van der Waals surface area (Å²) in [5.41, 5.74) is 4.32. The summed E-state index contributed by atoms with van der Waals surface area (Å²) in [6.45, 7) is 1.81. The van der Waals surface area contributed by atoms with E-state index in [4.69, 9.17) is 16.3 Å². The van der Waals surface area contributed by atoms with E-state index in [1.165, 1.54) is 0 Å². The van der Waals surface area contributed by atoms with Crippen molar-refractivity contribution >= 4 is 44.8 Å². The maximum atomic E-state index is 13.2. The topological polar surface area (TPSA) is 47.8 Å². The smallest absolute Gasteiger partial charge is 0.381 e. The predicted octanol–water partition coefficient (Wildman–Crippen LogP) is 6.44. The summed E-state index contributed by atoms with van der Waals surface area (Å²) in [6.07, 6.45) is 1.78. The molecule has 2 aromatic heterocycles. The molecule has 150 valence electrons. The van der Waals surface area contributed by atoms with Gasteiger partial charge in [-0.1, -0.05) is 57.9 Å². The van der Waals surface area contributed by atoms with E-state index in [1.54, 1.807) is 17.5 Å². The number of Topliss-reactive ketones (excluding diaryl/α,β-unsaturated/α-hetero) is 1. The molecule has 0 bridgehead atoms. The van der Waals surface area contributed by atoms with Crippen LogP contribution < -0.4 is 0 Å². The van der Waals surface area contributed by atoms with Crippen molar-refractivity contribution < 1.29 is 14.3 Å². The van der Waals surface area contributed by atoms with Crippen molar-refractivity contribution in [1.29, 1.82) is 0 Å². The largest absolute Gasteiger partial charge is 0.460 e. The van der Waals surface area contributed by atoms with Gasteiger partial charge in [-0.25, -0.2) is 4.79 Å². The molecular weight excluding hydrogens is 466 g/mol. The van der Waals surface area contributed by atoms with Gasteiger partial charge >= 0.3 is 5.97 Å². The molecule has 0 saturated carbocycles. The zero-order chi connectivity index (χ0) is 21.3. The maximum Gasteiger partial charge on any atom is 0.381 e. The number of aromatic nitrogens is 1. The molecule has 4 rings (SSSR count). The van der Waals surface area contributed by atoms with Crippen molar-refractivity contribution in [2.24, 2.45) is 0 Å². The first-order valence-electron chi connectivity index (χ1n) is 9.37. The fraction of sp³-hybridized carbons (Fsp3) is 0.0833. The molecule has 0 aliphatic rings. The molecule has 0 unspecified atom stereocenters. The van der Waals surface area contributed by atoms with E-state index in [1.807, 2.05) is 66.7 Å². The molecule has 0 atom stereocenters. The van der Waals surface area contributed by atoms with Crippen LogP contribution in [0, 0.1) is 0 Å². The number of halogens is 2. The Morgan fingerprint density at radius 2 is 1.57 bits per heavy atom. The average Bonchev–Trinajstić information content (AvgIpc) is 3.09. The fourth-order valence-electron chi connectivity index (χ4n) is 3.53.